The number of hydrogen-bond donors (Lipinski definition) is 2. The number of anilines is 1. The van der Waals surface area contributed by atoms with Crippen molar-refractivity contribution >= 4 is 11.6 Å². The maximum absolute atomic E-state index is 5.83. The van der Waals surface area contributed by atoms with Crippen molar-refractivity contribution in [2.75, 3.05) is 57.5 Å². The van der Waals surface area contributed by atoms with E-state index in [-0.39, 0.29) is 0 Å². The first kappa shape index (κ1) is 21.7. The summed E-state index contributed by atoms with van der Waals surface area (Å²) in [5, 5.41) is 6.73. The van der Waals surface area contributed by atoms with Gasteiger partial charge < -0.3 is 25.0 Å². The van der Waals surface area contributed by atoms with E-state index >= 15 is 0 Å². The molecule has 0 bridgehead atoms. The molecule has 6 heteroatoms. The normalized spacial score (nSPS) is 17.7. The van der Waals surface area contributed by atoms with Gasteiger partial charge in [0, 0.05) is 58.3 Å². The molecule has 2 aliphatic heterocycles. The van der Waals surface area contributed by atoms with Crippen LogP contribution in [0.15, 0.2) is 41.4 Å². The second kappa shape index (κ2) is 12.5. The van der Waals surface area contributed by atoms with Crippen LogP contribution in [0.4, 0.5) is 5.69 Å². The highest BCUT2D eigenvalue weighted by atomic mass is 16.5. The van der Waals surface area contributed by atoms with Crippen LogP contribution in [0.1, 0.15) is 31.7 Å². The van der Waals surface area contributed by atoms with Crippen LogP contribution >= 0.6 is 0 Å². The molecule has 0 unspecified atom stereocenters. The molecule has 2 heterocycles. The van der Waals surface area contributed by atoms with Gasteiger partial charge in [-0.15, -0.1) is 0 Å². The average molecular weight is 401 g/mol. The summed E-state index contributed by atoms with van der Waals surface area (Å²) in [5.74, 6) is 1.54. The highest BCUT2D eigenvalue weighted by molar-refractivity contribution is 5.79. The van der Waals surface area contributed by atoms with E-state index in [0.717, 1.165) is 77.8 Å². The molecule has 1 aromatic carbocycles. The molecular weight excluding hydrogens is 364 g/mol. The zero-order chi connectivity index (χ0) is 20.2. The van der Waals surface area contributed by atoms with Crippen molar-refractivity contribution in [1.29, 1.82) is 0 Å². The van der Waals surface area contributed by atoms with Crippen molar-refractivity contribution in [3.05, 3.63) is 42.0 Å². The van der Waals surface area contributed by atoms with Crippen molar-refractivity contribution in [2.45, 2.75) is 32.7 Å². The van der Waals surface area contributed by atoms with Crippen molar-refractivity contribution in [2.24, 2.45) is 10.9 Å². The molecular formula is C23H36N4O2. The maximum Gasteiger partial charge on any atom is 0.191 e. The second-order valence-electron chi connectivity index (χ2n) is 7.65. The smallest absolute Gasteiger partial charge is 0.191 e. The van der Waals surface area contributed by atoms with Gasteiger partial charge in [-0.05, 0) is 49.8 Å². The Morgan fingerprint density at radius 1 is 1.14 bits per heavy atom. The predicted molar refractivity (Wildman–Crippen MR) is 120 cm³/mol. The van der Waals surface area contributed by atoms with Crippen LogP contribution in [-0.2, 0) is 16.0 Å². The lowest BCUT2D eigenvalue weighted by Crippen LogP contribution is -2.38. The van der Waals surface area contributed by atoms with Gasteiger partial charge in [0.15, 0.2) is 5.96 Å². The molecule has 0 amide bonds. The topological polar surface area (TPSA) is 58.1 Å². The number of benzene rings is 1. The van der Waals surface area contributed by atoms with E-state index < -0.39 is 0 Å². The van der Waals surface area contributed by atoms with Gasteiger partial charge in [0.2, 0.25) is 0 Å². The summed E-state index contributed by atoms with van der Waals surface area (Å²) in [6.07, 6.45) is 7.66. The average Bonchev–Trinajstić information content (AvgIpc) is 3.30. The molecule has 0 aromatic heterocycles. The summed E-state index contributed by atoms with van der Waals surface area (Å²) in [6, 6.07) is 8.72. The Kier molecular flexibility index (Phi) is 9.33. The number of hydrogen-bond acceptors (Lipinski definition) is 4. The molecule has 1 fully saturated rings. The molecule has 2 aliphatic rings. The Labute approximate surface area is 175 Å². The van der Waals surface area contributed by atoms with E-state index in [1.807, 2.05) is 0 Å². The van der Waals surface area contributed by atoms with E-state index in [1.54, 1.807) is 0 Å². The zero-order valence-electron chi connectivity index (χ0n) is 17.7. The van der Waals surface area contributed by atoms with Crippen molar-refractivity contribution < 1.29 is 9.47 Å². The maximum atomic E-state index is 5.83. The molecule has 0 atom stereocenters. The summed E-state index contributed by atoms with van der Waals surface area (Å²) in [5.41, 5.74) is 2.49. The lowest BCUT2D eigenvalue weighted by Gasteiger charge is -2.21. The van der Waals surface area contributed by atoms with Gasteiger partial charge in [0.1, 0.15) is 0 Å². The molecule has 0 spiro atoms. The summed E-state index contributed by atoms with van der Waals surface area (Å²) in [7, 11) is 0. The van der Waals surface area contributed by atoms with Crippen LogP contribution in [0.5, 0.6) is 0 Å². The molecule has 6 nitrogen and oxygen atoms in total. The van der Waals surface area contributed by atoms with Gasteiger partial charge in [-0.25, -0.2) is 4.99 Å². The largest absolute Gasteiger partial charge is 0.381 e. The summed E-state index contributed by atoms with van der Waals surface area (Å²) in [4.78, 5) is 7.07. The van der Waals surface area contributed by atoms with Crippen LogP contribution in [0.2, 0.25) is 0 Å². The van der Waals surface area contributed by atoms with E-state index in [9.17, 15) is 0 Å². The van der Waals surface area contributed by atoms with E-state index in [2.05, 4.69) is 58.9 Å². The highest BCUT2D eigenvalue weighted by Crippen LogP contribution is 2.18. The van der Waals surface area contributed by atoms with Crippen molar-refractivity contribution in [1.82, 2.24) is 10.6 Å². The lowest BCUT2D eigenvalue weighted by molar-refractivity contribution is 0.0203. The molecule has 1 saturated heterocycles. The number of aliphatic imine (C=N–C) groups is 1. The van der Waals surface area contributed by atoms with Crippen LogP contribution in [0, 0.1) is 5.92 Å². The number of rotatable bonds is 10. The number of nitrogens with one attached hydrogen (secondary N) is 2. The minimum absolute atomic E-state index is 0.670. The monoisotopic (exact) mass is 400 g/mol. The van der Waals surface area contributed by atoms with Gasteiger partial charge in [-0.2, -0.15) is 0 Å². The summed E-state index contributed by atoms with van der Waals surface area (Å²) in [6.45, 7) is 9.91. The third kappa shape index (κ3) is 7.71. The van der Waals surface area contributed by atoms with Crippen molar-refractivity contribution in [3.63, 3.8) is 0 Å². The third-order valence-electron chi connectivity index (χ3n) is 5.34. The summed E-state index contributed by atoms with van der Waals surface area (Å²) < 4.78 is 11.2. The Hall–Kier alpha value is -2.05. The molecule has 2 N–H and O–H groups in total. The molecule has 0 radical (unpaired) electrons. The fourth-order valence-corrected chi connectivity index (χ4v) is 3.56. The third-order valence-corrected chi connectivity index (χ3v) is 5.34. The van der Waals surface area contributed by atoms with Gasteiger partial charge in [-0.1, -0.05) is 24.3 Å². The quantitative estimate of drug-likeness (QED) is 0.274. The minimum atomic E-state index is 0.670. The van der Waals surface area contributed by atoms with Crippen molar-refractivity contribution in [3.8, 4) is 0 Å². The molecule has 0 aliphatic carbocycles. The van der Waals surface area contributed by atoms with E-state index in [0.29, 0.717) is 12.5 Å². The van der Waals surface area contributed by atoms with Gasteiger partial charge >= 0.3 is 0 Å². The first-order valence-electron chi connectivity index (χ1n) is 11.0. The van der Waals surface area contributed by atoms with Gasteiger partial charge in [0.05, 0.1) is 6.54 Å². The second-order valence-corrected chi connectivity index (χ2v) is 7.65. The van der Waals surface area contributed by atoms with Gasteiger partial charge in [0.25, 0.3) is 0 Å². The molecule has 3 rings (SSSR count). The first-order valence-corrected chi connectivity index (χ1v) is 11.0. The Bertz CT molecular complexity index is 631. The van der Waals surface area contributed by atoms with E-state index in [1.165, 1.54) is 11.3 Å². The number of ether oxygens (including phenoxy) is 2. The van der Waals surface area contributed by atoms with Crippen LogP contribution in [0.25, 0.3) is 0 Å². The van der Waals surface area contributed by atoms with Crippen LogP contribution in [-0.4, -0.2) is 58.6 Å². The molecule has 0 saturated carbocycles. The standard InChI is InChI=1S/C23H36N4O2/c1-2-24-23(25-12-5-15-29-19-21-10-16-28-17-11-21)26-18-20-6-8-22(9-7-20)27-13-3-4-14-27/h3-4,6-9,21H,2,5,10-19H2,1H3,(H2,24,25,26). The Morgan fingerprint density at radius 2 is 1.90 bits per heavy atom. The zero-order valence-corrected chi connectivity index (χ0v) is 17.7. The number of nitrogens with zero attached hydrogens (tertiary/aromatic N) is 2. The van der Waals surface area contributed by atoms with E-state index in [4.69, 9.17) is 14.5 Å². The predicted octanol–water partition coefficient (Wildman–Crippen LogP) is 2.95. The molecule has 160 valence electrons. The molecule has 29 heavy (non-hydrogen) atoms. The van der Waals surface area contributed by atoms with Crippen LogP contribution < -0.4 is 15.5 Å². The molecule has 1 aromatic rings. The minimum Gasteiger partial charge on any atom is -0.381 e. The first-order chi connectivity index (χ1) is 14.3. The Morgan fingerprint density at radius 3 is 2.62 bits per heavy atom. The lowest BCUT2D eigenvalue weighted by atomic mass is 10.0. The highest BCUT2D eigenvalue weighted by Gasteiger charge is 2.13. The SMILES string of the molecule is CCNC(=NCc1ccc(N2CC=CC2)cc1)NCCCOCC1CCOCC1. The fraction of sp³-hybridized carbons (Fsp3) is 0.609. The van der Waals surface area contributed by atoms with Crippen LogP contribution in [0.3, 0.4) is 0 Å². The van der Waals surface area contributed by atoms with Gasteiger partial charge in [-0.3, -0.25) is 0 Å². The number of guanidine groups is 1. The Balaban J connectivity index is 1.34. The summed E-state index contributed by atoms with van der Waals surface area (Å²) >= 11 is 0. The fourth-order valence-electron chi connectivity index (χ4n) is 3.56.